The summed E-state index contributed by atoms with van der Waals surface area (Å²) in [6, 6.07) is 7.66. The highest BCUT2D eigenvalue weighted by atomic mass is 79.9. The fourth-order valence-corrected chi connectivity index (χ4v) is 2.02. The molecule has 1 amide bonds. The Morgan fingerprint density at radius 1 is 1.41 bits per heavy atom. The van der Waals surface area contributed by atoms with Crippen molar-refractivity contribution in [3.8, 4) is 0 Å². The normalized spacial score (nSPS) is 10.6. The number of carbonyl (C=O) groups excluding carboxylic acids is 1. The summed E-state index contributed by atoms with van der Waals surface area (Å²) in [5.74, 6) is -0.225. The SMILES string of the molecule is O=C(/C=C/c1ccccc1Br)Nc1nncs1. The zero-order chi connectivity index (χ0) is 12.1. The molecule has 0 fully saturated rings. The number of nitrogens with zero attached hydrogens (tertiary/aromatic N) is 2. The lowest BCUT2D eigenvalue weighted by Gasteiger charge is -1.97. The first-order valence-electron chi connectivity index (χ1n) is 4.75. The van der Waals surface area contributed by atoms with E-state index in [9.17, 15) is 4.79 Å². The summed E-state index contributed by atoms with van der Waals surface area (Å²) in [6.45, 7) is 0. The van der Waals surface area contributed by atoms with Gasteiger partial charge in [-0.15, -0.1) is 10.2 Å². The fourth-order valence-electron chi connectivity index (χ4n) is 1.15. The van der Waals surface area contributed by atoms with E-state index in [0.717, 1.165) is 10.0 Å². The first-order chi connectivity index (χ1) is 8.25. The summed E-state index contributed by atoms with van der Waals surface area (Å²) in [5.41, 5.74) is 2.51. The van der Waals surface area contributed by atoms with Crippen molar-refractivity contribution < 1.29 is 4.79 Å². The maximum atomic E-state index is 11.5. The van der Waals surface area contributed by atoms with Gasteiger partial charge in [0, 0.05) is 10.5 Å². The van der Waals surface area contributed by atoms with Gasteiger partial charge in [0.15, 0.2) is 0 Å². The Bertz CT molecular complexity index is 539. The first kappa shape index (κ1) is 11.9. The third kappa shape index (κ3) is 3.47. The van der Waals surface area contributed by atoms with Gasteiger partial charge in [0.2, 0.25) is 11.0 Å². The molecule has 0 radical (unpaired) electrons. The second-order valence-electron chi connectivity index (χ2n) is 3.09. The summed E-state index contributed by atoms with van der Waals surface area (Å²) in [5, 5.41) is 10.5. The van der Waals surface area contributed by atoms with Crippen LogP contribution in [0.15, 0.2) is 40.3 Å². The van der Waals surface area contributed by atoms with E-state index < -0.39 is 0 Å². The number of benzene rings is 1. The van der Waals surface area contributed by atoms with Gasteiger partial charge in [-0.25, -0.2) is 0 Å². The molecule has 1 N–H and O–H groups in total. The molecule has 1 heterocycles. The molecule has 0 bridgehead atoms. The lowest BCUT2D eigenvalue weighted by molar-refractivity contribution is -0.111. The number of aromatic nitrogens is 2. The highest BCUT2D eigenvalue weighted by molar-refractivity contribution is 9.10. The van der Waals surface area contributed by atoms with E-state index in [1.807, 2.05) is 24.3 Å². The van der Waals surface area contributed by atoms with Gasteiger partial charge in [0.05, 0.1) is 0 Å². The number of halogens is 1. The van der Waals surface area contributed by atoms with E-state index in [1.54, 1.807) is 11.6 Å². The number of hydrogen-bond donors (Lipinski definition) is 1. The summed E-state index contributed by atoms with van der Waals surface area (Å²) in [6.07, 6.45) is 3.20. The molecule has 4 nitrogen and oxygen atoms in total. The lowest BCUT2D eigenvalue weighted by atomic mass is 10.2. The Morgan fingerprint density at radius 2 is 2.24 bits per heavy atom. The quantitative estimate of drug-likeness (QED) is 0.887. The van der Waals surface area contributed by atoms with E-state index in [4.69, 9.17) is 0 Å². The van der Waals surface area contributed by atoms with Crippen LogP contribution in [0.2, 0.25) is 0 Å². The van der Waals surface area contributed by atoms with Crippen molar-refractivity contribution in [3.05, 3.63) is 45.9 Å². The van der Waals surface area contributed by atoms with Crippen LogP contribution in [0.25, 0.3) is 6.08 Å². The minimum Gasteiger partial charge on any atom is -0.297 e. The van der Waals surface area contributed by atoms with Crippen molar-refractivity contribution >= 4 is 44.4 Å². The highest BCUT2D eigenvalue weighted by Gasteiger charge is 2.00. The molecule has 0 saturated carbocycles. The number of hydrogen-bond acceptors (Lipinski definition) is 4. The standard InChI is InChI=1S/C11H8BrN3OS/c12-9-4-2-1-3-8(9)5-6-10(16)14-11-15-13-7-17-11/h1-7H,(H,14,15,16)/b6-5+. The van der Waals surface area contributed by atoms with Crippen LogP contribution in [0.5, 0.6) is 0 Å². The van der Waals surface area contributed by atoms with E-state index in [0.29, 0.717) is 5.13 Å². The number of carbonyl (C=O) groups is 1. The monoisotopic (exact) mass is 309 g/mol. The third-order valence-corrected chi connectivity index (χ3v) is 3.24. The average Bonchev–Trinajstić information content (AvgIpc) is 2.81. The molecular formula is C11H8BrN3OS. The lowest BCUT2D eigenvalue weighted by Crippen LogP contribution is -2.07. The zero-order valence-electron chi connectivity index (χ0n) is 8.63. The van der Waals surface area contributed by atoms with Crippen LogP contribution in [-0.4, -0.2) is 16.1 Å². The molecule has 1 aromatic carbocycles. The van der Waals surface area contributed by atoms with Crippen LogP contribution >= 0.6 is 27.3 Å². The first-order valence-corrected chi connectivity index (χ1v) is 6.43. The van der Waals surface area contributed by atoms with Gasteiger partial charge in [0.1, 0.15) is 5.51 Å². The molecule has 6 heteroatoms. The fraction of sp³-hybridized carbons (Fsp3) is 0. The predicted molar refractivity (Wildman–Crippen MR) is 71.7 cm³/mol. The number of nitrogens with one attached hydrogen (secondary N) is 1. The Labute approximate surface area is 111 Å². The van der Waals surface area contributed by atoms with Gasteiger partial charge in [-0.2, -0.15) is 0 Å². The van der Waals surface area contributed by atoms with Crippen LogP contribution in [0.1, 0.15) is 5.56 Å². The minimum atomic E-state index is -0.225. The number of amides is 1. The van der Waals surface area contributed by atoms with E-state index in [1.165, 1.54) is 17.4 Å². The van der Waals surface area contributed by atoms with Gasteiger partial charge in [-0.3, -0.25) is 10.1 Å². The maximum absolute atomic E-state index is 11.5. The summed E-state index contributed by atoms with van der Waals surface area (Å²) >= 11 is 4.68. The number of rotatable bonds is 3. The average molecular weight is 310 g/mol. The van der Waals surface area contributed by atoms with Crippen molar-refractivity contribution in [2.24, 2.45) is 0 Å². The topological polar surface area (TPSA) is 54.9 Å². The van der Waals surface area contributed by atoms with Crippen molar-refractivity contribution in [3.63, 3.8) is 0 Å². The maximum Gasteiger partial charge on any atom is 0.250 e. The molecule has 0 aliphatic heterocycles. The molecule has 0 aliphatic rings. The van der Waals surface area contributed by atoms with Crippen LogP contribution in [0.3, 0.4) is 0 Å². The molecule has 1 aromatic heterocycles. The molecule has 0 unspecified atom stereocenters. The molecule has 17 heavy (non-hydrogen) atoms. The van der Waals surface area contributed by atoms with Crippen molar-refractivity contribution in [1.29, 1.82) is 0 Å². The van der Waals surface area contributed by atoms with Crippen molar-refractivity contribution in [2.45, 2.75) is 0 Å². The molecule has 0 spiro atoms. The molecule has 0 atom stereocenters. The summed E-state index contributed by atoms with van der Waals surface area (Å²) in [7, 11) is 0. The molecule has 2 rings (SSSR count). The number of anilines is 1. The highest BCUT2D eigenvalue weighted by Crippen LogP contribution is 2.17. The Balaban J connectivity index is 2.01. The molecule has 86 valence electrons. The third-order valence-electron chi connectivity index (χ3n) is 1.91. The van der Waals surface area contributed by atoms with Crippen LogP contribution in [0, 0.1) is 0 Å². The second kappa shape index (κ2) is 5.70. The van der Waals surface area contributed by atoms with E-state index >= 15 is 0 Å². The van der Waals surface area contributed by atoms with Crippen LogP contribution in [0.4, 0.5) is 5.13 Å². The van der Waals surface area contributed by atoms with Gasteiger partial charge in [-0.05, 0) is 17.7 Å². The van der Waals surface area contributed by atoms with Crippen molar-refractivity contribution in [1.82, 2.24) is 10.2 Å². The molecule has 0 aliphatic carbocycles. The van der Waals surface area contributed by atoms with Gasteiger partial charge in [0.25, 0.3) is 0 Å². The van der Waals surface area contributed by atoms with Gasteiger partial charge >= 0.3 is 0 Å². The smallest absolute Gasteiger partial charge is 0.250 e. The summed E-state index contributed by atoms with van der Waals surface area (Å²) in [4.78, 5) is 11.5. The zero-order valence-corrected chi connectivity index (χ0v) is 11.0. The van der Waals surface area contributed by atoms with Crippen molar-refractivity contribution in [2.75, 3.05) is 5.32 Å². The Hall–Kier alpha value is -1.53. The second-order valence-corrected chi connectivity index (χ2v) is 4.78. The summed E-state index contributed by atoms with van der Waals surface area (Å²) < 4.78 is 0.944. The van der Waals surface area contributed by atoms with Crippen LogP contribution in [-0.2, 0) is 4.79 Å². The molecular weight excluding hydrogens is 302 g/mol. The Morgan fingerprint density at radius 3 is 2.94 bits per heavy atom. The molecule has 0 saturated heterocycles. The molecule has 2 aromatic rings. The van der Waals surface area contributed by atoms with E-state index in [-0.39, 0.29) is 5.91 Å². The minimum absolute atomic E-state index is 0.225. The van der Waals surface area contributed by atoms with E-state index in [2.05, 4.69) is 31.4 Å². The van der Waals surface area contributed by atoms with Gasteiger partial charge < -0.3 is 0 Å². The largest absolute Gasteiger partial charge is 0.297 e. The van der Waals surface area contributed by atoms with Crippen LogP contribution < -0.4 is 5.32 Å². The van der Waals surface area contributed by atoms with Gasteiger partial charge in [-0.1, -0.05) is 45.5 Å². The Kier molecular flexibility index (Phi) is 4.00. The predicted octanol–water partition coefficient (Wildman–Crippen LogP) is 2.95.